The molecule has 0 saturated heterocycles. The largest absolute Gasteiger partial charge is 0.394 e. The predicted octanol–water partition coefficient (Wildman–Crippen LogP) is 4.28. The average Bonchev–Trinajstić information content (AvgIpc) is 2.37. The highest BCUT2D eigenvalue weighted by atomic mass is 35.5. The van der Waals surface area contributed by atoms with Gasteiger partial charge in [-0.2, -0.15) is 0 Å². The van der Waals surface area contributed by atoms with E-state index in [1.54, 1.807) is 0 Å². The fourth-order valence-electron chi connectivity index (χ4n) is 2.38. The van der Waals surface area contributed by atoms with Crippen molar-refractivity contribution in [2.45, 2.75) is 26.3 Å². The summed E-state index contributed by atoms with van der Waals surface area (Å²) >= 11 is 6.01. The number of aliphatic hydroxyl groups excluding tert-OH is 1. The highest BCUT2D eigenvalue weighted by Gasteiger charge is 2.26. The van der Waals surface area contributed by atoms with Crippen molar-refractivity contribution in [2.24, 2.45) is 0 Å². The number of aliphatic hydroxyl groups is 1. The molecule has 0 bridgehead atoms. The van der Waals surface area contributed by atoms with Crippen LogP contribution in [0.2, 0.25) is 5.02 Å². The number of rotatable bonds is 4. The number of anilines is 1. The molecule has 2 rings (SSSR count). The summed E-state index contributed by atoms with van der Waals surface area (Å²) in [7, 11) is 0. The van der Waals surface area contributed by atoms with Gasteiger partial charge in [-0.15, -0.1) is 0 Å². The Labute approximate surface area is 125 Å². The lowest BCUT2D eigenvalue weighted by Gasteiger charge is -2.31. The number of hydrogen-bond donors (Lipinski definition) is 2. The lowest BCUT2D eigenvalue weighted by atomic mass is 9.90. The predicted molar refractivity (Wildman–Crippen MR) is 85.4 cm³/mol. The van der Waals surface area contributed by atoms with Crippen LogP contribution >= 0.6 is 11.6 Å². The summed E-state index contributed by atoms with van der Waals surface area (Å²) in [4.78, 5) is 0. The minimum absolute atomic E-state index is 0.00239. The van der Waals surface area contributed by atoms with E-state index < -0.39 is 5.54 Å². The van der Waals surface area contributed by atoms with Crippen molar-refractivity contribution < 1.29 is 5.11 Å². The second-order valence-electron chi connectivity index (χ2n) is 5.50. The molecule has 0 spiro atoms. The average molecular weight is 290 g/mol. The third-order valence-corrected chi connectivity index (χ3v) is 3.65. The van der Waals surface area contributed by atoms with E-state index in [-0.39, 0.29) is 6.61 Å². The molecule has 1 atom stereocenters. The first kappa shape index (κ1) is 14.9. The molecular formula is C17H20ClNO. The Hall–Kier alpha value is -1.51. The van der Waals surface area contributed by atoms with E-state index >= 15 is 0 Å². The highest BCUT2D eigenvalue weighted by Crippen LogP contribution is 2.28. The molecule has 0 amide bonds. The summed E-state index contributed by atoms with van der Waals surface area (Å²) in [6, 6.07) is 13.9. The van der Waals surface area contributed by atoms with Crippen LogP contribution in [-0.4, -0.2) is 11.7 Å². The van der Waals surface area contributed by atoms with Gasteiger partial charge in [-0.1, -0.05) is 47.0 Å². The Morgan fingerprint density at radius 3 is 2.30 bits per heavy atom. The summed E-state index contributed by atoms with van der Waals surface area (Å²) in [6.45, 7) is 6.12. The number of hydrogen-bond acceptors (Lipinski definition) is 2. The Bertz CT molecular complexity index is 591. The van der Waals surface area contributed by atoms with Gasteiger partial charge >= 0.3 is 0 Å². The number of benzene rings is 2. The minimum atomic E-state index is -0.540. The maximum atomic E-state index is 9.86. The van der Waals surface area contributed by atoms with Crippen molar-refractivity contribution in [2.75, 3.05) is 11.9 Å². The number of halogens is 1. The molecule has 3 heteroatoms. The summed E-state index contributed by atoms with van der Waals surface area (Å²) in [5.74, 6) is 0. The van der Waals surface area contributed by atoms with Crippen molar-refractivity contribution in [3.63, 3.8) is 0 Å². The van der Waals surface area contributed by atoms with Gasteiger partial charge in [0.25, 0.3) is 0 Å². The van der Waals surface area contributed by atoms with Crippen LogP contribution in [0.15, 0.2) is 42.5 Å². The SMILES string of the molecule is Cc1cc(C)cc(C(C)(CO)Nc2cccc(Cl)c2)c1. The van der Waals surface area contributed by atoms with Gasteiger partial charge in [-0.05, 0) is 44.5 Å². The molecule has 1 unspecified atom stereocenters. The Kier molecular flexibility index (Phi) is 4.36. The van der Waals surface area contributed by atoms with Crippen LogP contribution in [0.3, 0.4) is 0 Å². The van der Waals surface area contributed by atoms with E-state index in [0.29, 0.717) is 5.02 Å². The van der Waals surface area contributed by atoms with E-state index in [1.807, 2.05) is 31.2 Å². The zero-order valence-corrected chi connectivity index (χ0v) is 12.8. The van der Waals surface area contributed by atoms with Crippen molar-refractivity contribution >= 4 is 17.3 Å². The van der Waals surface area contributed by atoms with Crippen LogP contribution in [0.4, 0.5) is 5.69 Å². The molecule has 0 aliphatic carbocycles. The summed E-state index contributed by atoms with van der Waals surface area (Å²) in [6.07, 6.45) is 0. The smallest absolute Gasteiger partial charge is 0.0828 e. The van der Waals surface area contributed by atoms with Crippen LogP contribution in [0.1, 0.15) is 23.6 Å². The molecule has 0 aliphatic rings. The van der Waals surface area contributed by atoms with E-state index in [1.165, 1.54) is 11.1 Å². The molecule has 0 aromatic heterocycles. The van der Waals surface area contributed by atoms with Crippen LogP contribution in [0, 0.1) is 13.8 Å². The van der Waals surface area contributed by atoms with E-state index in [9.17, 15) is 5.11 Å². The standard InChI is InChI=1S/C17H20ClNO/c1-12-7-13(2)9-14(8-12)17(3,11-20)19-16-6-4-5-15(18)10-16/h4-10,19-20H,11H2,1-3H3. The fraction of sp³-hybridized carbons (Fsp3) is 0.294. The second kappa shape index (κ2) is 5.86. The van der Waals surface area contributed by atoms with Gasteiger partial charge < -0.3 is 10.4 Å². The normalized spacial score (nSPS) is 13.8. The van der Waals surface area contributed by atoms with Crippen molar-refractivity contribution in [3.8, 4) is 0 Å². The molecule has 0 radical (unpaired) electrons. The Balaban J connectivity index is 2.37. The molecule has 0 fully saturated rings. The van der Waals surface area contributed by atoms with Crippen LogP contribution in [0.25, 0.3) is 0 Å². The highest BCUT2D eigenvalue weighted by molar-refractivity contribution is 6.30. The van der Waals surface area contributed by atoms with Gasteiger partial charge in [-0.25, -0.2) is 0 Å². The molecule has 2 N–H and O–H groups in total. The molecule has 0 saturated carbocycles. The molecule has 106 valence electrons. The number of nitrogens with one attached hydrogen (secondary N) is 1. The van der Waals surface area contributed by atoms with E-state index in [4.69, 9.17) is 11.6 Å². The molecule has 2 aromatic carbocycles. The topological polar surface area (TPSA) is 32.3 Å². The van der Waals surface area contributed by atoms with Crippen LogP contribution < -0.4 is 5.32 Å². The zero-order valence-electron chi connectivity index (χ0n) is 12.1. The molecule has 2 aromatic rings. The Morgan fingerprint density at radius 2 is 1.75 bits per heavy atom. The van der Waals surface area contributed by atoms with Gasteiger partial charge in [0.2, 0.25) is 0 Å². The third kappa shape index (κ3) is 3.33. The summed E-state index contributed by atoms with van der Waals surface area (Å²) < 4.78 is 0. The summed E-state index contributed by atoms with van der Waals surface area (Å²) in [5, 5.41) is 13.9. The first-order chi connectivity index (χ1) is 9.43. The maximum Gasteiger partial charge on any atom is 0.0828 e. The van der Waals surface area contributed by atoms with Gasteiger partial charge in [0.05, 0.1) is 12.1 Å². The van der Waals surface area contributed by atoms with E-state index in [0.717, 1.165) is 11.3 Å². The van der Waals surface area contributed by atoms with Gasteiger partial charge in [0, 0.05) is 10.7 Å². The van der Waals surface area contributed by atoms with Crippen molar-refractivity contribution in [3.05, 3.63) is 64.2 Å². The molecule has 0 heterocycles. The van der Waals surface area contributed by atoms with Gasteiger partial charge in [0.1, 0.15) is 0 Å². The lowest BCUT2D eigenvalue weighted by molar-refractivity contribution is 0.224. The summed E-state index contributed by atoms with van der Waals surface area (Å²) in [5.41, 5.74) is 3.80. The third-order valence-electron chi connectivity index (χ3n) is 3.42. The zero-order chi connectivity index (χ0) is 14.8. The van der Waals surface area contributed by atoms with Crippen molar-refractivity contribution in [1.29, 1.82) is 0 Å². The quantitative estimate of drug-likeness (QED) is 0.881. The monoisotopic (exact) mass is 289 g/mol. The molecular weight excluding hydrogens is 270 g/mol. The first-order valence-electron chi connectivity index (χ1n) is 6.66. The molecule has 20 heavy (non-hydrogen) atoms. The minimum Gasteiger partial charge on any atom is -0.394 e. The second-order valence-corrected chi connectivity index (χ2v) is 5.94. The van der Waals surface area contributed by atoms with Gasteiger partial charge in [-0.3, -0.25) is 0 Å². The molecule has 2 nitrogen and oxygen atoms in total. The number of aryl methyl sites for hydroxylation is 2. The van der Waals surface area contributed by atoms with Crippen molar-refractivity contribution in [1.82, 2.24) is 0 Å². The molecule has 0 aliphatic heterocycles. The van der Waals surface area contributed by atoms with E-state index in [2.05, 4.69) is 37.4 Å². The van der Waals surface area contributed by atoms with Gasteiger partial charge in [0.15, 0.2) is 0 Å². The van der Waals surface area contributed by atoms with Crippen LogP contribution in [0.5, 0.6) is 0 Å². The van der Waals surface area contributed by atoms with Crippen LogP contribution in [-0.2, 0) is 5.54 Å². The lowest BCUT2D eigenvalue weighted by Crippen LogP contribution is -2.36. The Morgan fingerprint density at radius 1 is 1.10 bits per heavy atom. The maximum absolute atomic E-state index is 9.86. The fourth-order valence-corrected chi connectivity index (χ4v) is 2.57. The first-order valence-corrected chi connectivity index (χ1v) is 7.04.